The number of hydrogen-bond donors (Lipinski definition) is 1. The van der Waals surface area contributed by atoms with Gasteiger partial charge in [0.1, 0.15) is 0 Å². The Kier molecular flexibility index (Phi) is 3.67. The number of rotatable bonds is 3. The number of nitrogens with zero attached hydrogens (tertiary/aromatic N) is 1. The summed E-state index contributed by atoms with van der Waals surface area (Å²) in [7, 11) is -3.71. The molecule has 2 rings (SSSR count). The van der Waals surface area contributed by atoms with E-state index in [2.05, 4.69) is 4.37 Å². The molecular formula is C10H6ClNO6S2. The summed E-state index contributed by atoms with van der Waals surface area (Å²) in [6.07, 6.45) is 0.924. The molecular weight excluding hydrogens is 330 g/mol. The van der Waals surface area contributed by atoms with Gasteiger partial charge in [0.2, 0.25) is 5.89 Å². The van der Waals surface area contributed by atoms with Crippen LogP contribution in [0.15, 0.2) is 26.2 Å². The summed E-state index contributed by atoms with van der Waals surface area (Å²) in [6, 6.07) is 2.15. The predicted molar refractivity (Wildman–Crippen MR) is 71.2 cm³/mol. The number of hydrogen-bond acceptors (Lipinski definition) is 7. The summed E-state index contributed by atoms with van der Waals surface area (Å²) < 4.78 is 31.8. The fraction of sp³-hybridized carbons (Fsp3) is 0.100. The first-order chi connectivity index (χ1) is 9.21. The van der Waals surface area contributed by atoms with Gasteiger partial charge in [-0.15, -0.1) is 4.37 Å². The number of halogens is 1. The van der Waals surface area contributed by atoms with E-state index in [0.29, 0.717) is 11.5 Å². The normalized spacial score (nSPS) is 11.5. The molecule has 0 aliphatic carbocycles. The van der Waals surface area contributed by atoms with Gasteiger partial charge in [-0.1, -0.05) is 11.6 Å². The number of aromatic carboxylic acids is 1. The van der Waals surface area contributed by atoms with Crippen molar-refractivity contribution in [2.75, 3.05) is 6.26 Å². The molecule has 1 aromatic carbocycles. The van der Waals surface area contributed by atoms with Crippen molar-refractivity contribution in [3.8, 4) is 11.5 Å². The Balaban J connectivity index is 2.90. The van der Waals surface area contributed by atoms with Crippen molar-refractivity contribution < 1.29 is 22.7 Å². The van der Waals surface area contributed by atoms with Crippen molar-refractivity contribution >= 4 is 38.9 Å². The monoisotopic (exact) mass is 335 g/mol. The molecule has 20 heavy (non-hydrogen) atoms. The molecule has 0 unspecified atom stereocenters. The van der Waals surface area contributed by atoms with Crippen LogP contribution in [0, 0.1) is 0 Å². The Bertz CT molecular complexity index is 851. The second-order valence-corrected chi connectivity index (χ2v) is 6.78. The Labute approximate surface area is 121 Å². The minimum absolute atomic E-state index is 0.229. The van der Waals surface area contributed by atoms with E-state index in [0.717, 1.165) is 18.4 Å². The van der Waals surface area contributed by atoms with E-state index in [1.54, 1.807) is 0 Å². The highest BCUT2D eigenvalue weighted by molar-refractivity contribution is 7.90. The first-order valence-electron chi connectivity index (χ1n) is 4.95. The standard InChI is InChI=1S/C10H6ClNO6S2/c1-20(16,17)5-3-2-4(9(13)14)7(11)6(5)8-12-19-10(15)18-8/h2-3H,1H3,(H,13,14). The van der Waals surface area contributed by atoms with Crippen molar-refractivity contribution in [1.82, 2.24) is 4.37 Å². The topological polar surface area (TPSA) is 115 Å². The molecule has 2 aromatic rings. The lowest BCUT2D eigenvalue weighted by atomic mass is 10.1. The maximum atomic E-state index is 11.7. The van der Waals surface area contributed by atoms with Crippen LogP contribution in [0.25, 0.3) is 11.5 Å². The lowest BCUT2D eigenvalue weighted by molar-refractivity contribution is 0.0697. The third-order valence-corrected chi connectivity index (χ3v) is 4.35. The number of carboxylic acid groups (broad SMARTS) is 1. The summed E-state index contributed by atoms with van der Waals surface area (Å²) in [6.45, 7) is 0. The lowest BCUT2D eigenvalue weighted by Gasteiger charge is -2.08. The van der Waals surface area contributed by atoms with E-state index in [9.17, 15) is 18.0 Å². The Hall–Kier alpha value is -1.71. The van der Waals surface area contributed by atoms with Gasteiger partial charge >= 0.3 is 10.9 Å². The predicted octanol–water partition coefficient (Wildman–Crippen LogP) is 1.52. The number of sulfone groups is 1. The fourth-order valence-electron chi connectivity index (χ4n) is 1.52. The average molecular weight is 336 g/mol. The van der Waals surface area contributed by atoms with Crippen LogP contribution in [-0.2, 0) is 9.84 Å². The van der Waals surface area contributed by atoms with Crippen LogP contribution in [0.3, 0.4) is 0 Å². The summed E-state index contributed by atoms with van der Waals surface area (Å²) in [4.78, 5) is 21.0. The van der Waals surface area contributed by atoms with Gasteiger partial charge < -0.3 is 9.52 Å². The van der Waals surface area contributed by atoms with Crippen molar-refractivity contribution in [2.24, 2.45) is 0 Å². The number of aromatic nitrogens is 1. The zero-order valence-corrected chi connectivity index (χ0v) is 12.2. The first-order valence-corrected chi connectivity index (χ1v) is 7.99. The number of benzene rings is 1. The van der Waals surface area contributed by atoms with Crippen LogP contribution in [0.2, 0.25) is 5.02 Å². The zero-order chi connectivity index (χ0) is 15.1. The van der Waals surface area contributed by atoms with Crippen LogP contribution < -0.4 is 4.94 Å². The fourth-order valence-corrected chi connectivity index (χ4v) is 3.18. The molecule has 0 aliphatic rings. The number of carbonyl (C=O) groups is 1. The molecule has 0 fully saturated rings. The summed E-state index contributed by atoms with van der Waals surface area (Å²) in [5.41, 5.74) is -0.544. The molecule has 0 saturated heterocycles. The van der Waals surface area contributed by atoms with Crippen molar-refractivity contribution in [2.45, 2.75) is 4.90 Å². The highest BCUT2D eigenvalue weighted by atomic mass is 35.5. The quantitative estimate of drug-likeness (QED) is 0.904. The van der Waals surface area contributed by atoms with Crippen LogP contribution in [0.5, 0.6) is 0 Å². The SMILES string of the molecule is CS(=O)(=O)c1ccc(C(=O)O)c(Cl)c1-c1nsc(=O)o1. The molecule has 106 valence electrons. The van der Waals surface area contributed by atoms with Gasteiger partial charge in [-0.2, -0.15) is 0 Å². The summed E-state index contributed by atoms with van der Waals surface area (Å²) in [5, 5.41) is 8.64. The first kappa shape index (κ1) is 14.7. The van der Waals surface area contributed by atoms with Crippen molar-refractivity contribution in [3.05, 3.63) is 32.5 Å². The molecule has 0 bridgehead atoms. The van der Waals surface area contributed by atoms with Gasteiger partial charge in [0.05, 0.1) is 32.6 Å². The van der Waals surface area contributed by atoms with E-state index in [1.807, 2.05) is 0 Å². The van der Waals surface area contributed by atoms with E-state index in [4.69, 9.17) is 21.1 Å². The number of carboxylic acids is 1. The van der Waals surface area contributed by atoms with Crippen molar-refractivity contribution in [3.63, 3.8) is 0 Å². The minimum atomic E-state index is -3.71. The van der Waals surface area contributed by atoms with E-state index in [-0.39, 0.29) is 26.9 Å². The van der Waals surface area contributed by atoms with E-state index >= 15 is 0 Å². The second-order valence-electron chi connectivity index (χ2n) is 3.72. The molecule has 0 amide bonds. The maximum Gasteiger partial charge on any atom is 0.414 e. The molecule has 1 aromatic heterocycles. The van der Waals surface area contributed by atoms with E-state index < -0.39 is 20.7 Å². The minimum Gasteiger partial charge on any atom is -0.478 e. The third-order valence-electron chi connectivity index (χ3n) is 2.33. The highest BCUT2D eigenvalue weighted by Crippen LogP contribution is 2.35. The van der Waals surface area contributed by atoms with Gasteiger partial charge in [0.15, 0.2) is 9.84 Å². The smallest absolute Gasteiger partial charge is 0.414 e. The molecule has 0 aliphatic heterocycles. The molecule has 1 N–H and O–H groups in total. The van der Waals surface area contributed by atoms with Crippen LogP contribution in [0.4, 0.5) is 0 Å². The molecule has 0 atom stereocenters. The molecule has 1 heterocycles. The average Bonchev–Trinajstić information content (AvgIpc) is 2.73. The van der Waals surface area contributed by atoms with Crippen molar-refractivity contribution in [1.29, 1.82) is 0 Å². The van der Waals surface area contributed by atoms with Gasteiger partial charge in [-0.3, -0.25) is 0 Å². The molecule has 0 radical (unpaired) electrons. The Morgan fingerprint density at radius 2 is 2.10 bits per heavy atom. The molecule has 7 nitrogen and oxygen atoms in total. The molecule has 0 saturated carbocycles. The second kappa shape index (κ2) is 5.00. The maximum absolute atomic E-state index is 11.7. The Morgan fingerprint density at radius 1 is 1.45 bits per heavy atom. The Morgan fingerprint density at radius 3 is 2.55 bits per heavy atom. The van der Waals surface area contributed by atoms with Gasteiger partial charge in [-0.05, 0) is 12.1 Å². The largest absolute Gasteiger partial charge is 0.478 e. The lowest BCUT2D eigenvalue weighted by Crippen LogP contribution is -2.05. The third kappa shape index (κ3) is 2.60. The molecule has 0 spiro atoms. The van der Waals surface area contributed by atoms with E-state index in [1.165, 1.54) is 0 Å². The molecule has 10 heteroatoms. The summed E-state index contributed by atoms with van der Waals surface area (Å²) >= 11 is 6.38. The van der Waals surface area contributed by atoms with Crippen LogP contribution >= 0.6 is 23.1 Å². The van der Waals surface area contributed by atoms with Gasteiger partial charge in [0.25, 0.3) is 0 Å². The van der Waals surface area contributed by atoms with Crippen LogP contribution in [0.1, 0.15) is 10.4 Å². The zero-order valence-electron chi connectivity index (χ0n) is 9.78. The van der Waals surface area contributed by atoms with Crippen LogP contribution in [-0.4, -0.2) is 30.1 Å². The van der Waals surface area contributed by atoms with Gasteiger partial charge in [-0.25, -0.2) is 18.0 Å². The van der Waals surface area contributed by atoms with Gasteiger partial charge in [0, 0.05) is 6.26 Å². The summed E-state index contributed by atoms with van der Waals surface area (Å²) in [5.74, 6) is -1.66. The highest BCUT2D eigenvalue weighted by Gasteiger charge is 2.25.